The van der Waals surface area contributed by atoms with E-state index in [1.807, 2.05) is 26.0 Å². The fourth-order valence-electron chi connectivity index (χ4n) is 4.40. The molecule has 0 radical (unpaired) electrons. The molecule has 2 aromatic rings. The first-order valence-electron chi connectivity index (χ1n) is 12.9. The Balaban J connectivity index is 1.41. The van der Waals surface area contributed by atoms with Gasteiger partial charge in [0.15, 0.2) is 0 Å². The maximum Gasteiger partial charge on any atom is 0.242 e. The minimum absolute atomic E-state index is 0.136. The van der Waals surface area contributed by atoms with Crippen LogP contribution in [-0.4, -0.2) is 57.4 Å². The number of halogens is 2. The number of fused-ring (bicyclic) bond motifs is 1. The Morgan fingerprint density at radius 3 is 2.50 bits per heavy atom. The number of benzene rings is 2. The standard InChI is InChI=1S/C27H36ClFN4O4S/c1-19(2)15-24(32-26(34)18-33-14-11-20-7-3-4-8-21(20)17-33)27(35)30-12-5-6-13-31-38(36,37)25-10-9-22(29)16-23(25)28/h3-4,7-10,16,19,24,31H,5-6,11-15,17-18H2,1-2H3,(H,30,35)(H,32,34)/t24-/m0/s1. The van der Waals surface area contributed by atoms with Crippen molar-refractivity contribution in [1.82, 2.24) is 20.3 Å². The zero-order valence-corrected chi connectivity index (χ0v) is 23.4. The second-order valence-corrected chi connectivity index (χ2v) is 12.1. The number of rotatable bonds is 13. The molecule has 0 fully saturated rings. The van der Waals surface area contributed by atoms with Gasteiger partial charge in [0, 0.05) is 26.2 Å². The van der Waals surface area contributed by atoms with E-state index in [2.05, 4.69) is 32.4 Å². The molecule has 0 saturated heterocycles. The predicted octanol–water partition coefficient (Wildman–Crippen LogP) is 3.24. The second kappa shape index (κ2) is 14.0. The van der Waals surface area contributed by atoms with Gasteiger partial charge in [0.25, 0.3) is 0 Å². The Labute approximate surface area is 229 Å². The van der Waals surface area contributed by atoms with Gasteiger partial charge < -0.3 is 10.6 Å². The molecule has 208 valence electrons. The van der Waals surface area contributed by atoms with E-state index in [0.717, 1.165) is 31.2 Å². The summed E-state index contributed by atoms with van der Waals surface area (Å²) in [6.07, 6.45) is 2.40. The third kappa shape index (κ3) is 9.04. The number of hydrogen-bond donors (Lipinski definition) is 3. The third-order valence-electron chi connectivity index (χ3n) is 6.31. The van der Waals surface area contributed by atoms with E-state index in [9.17, 15) is 22.4 Å². The summed E-state index contributed by atoms with van der Waals surface area (Å²) in [5.74, 6) is -0.844. The van der Waals surface area contributed by atoms with Crippen LogP contribution in [0, 0.1) is 11.7 Å². The van der Waals surface area contributed by atoms with E-state index < -0.39 is 21.9 Å². The fourth-order valence-corrected chi connectivity index (χ4v) is 6.00. The topological polar surface area (TPSA) is 108 Å². The number of unbranched alkanes of at least 4 members (excludes halogenated alkanes) is 1. The highest BCUT2D eigenvalue weighted by molar-refractivity contribution is 7.89. The van der Waals surface area contributed by atoms with Gasteiger partial charge in [0.05, 0.1) is 11.6 Å². The molecular weight excluding hydrogens is 531 g/mol. The zero-order chi connectivity index (χ0) is 27.7. The second-order valence-electron chi connectivity index (χ2n) is 9.95. The van der Waals surface area contributed by atoms with Crippen LogP contribution in [-0.2, 0) is 32.6 Å². The molecule has 1 aliphatic rings. The van der Waals surface area contributed by atoms with Crippen LogP contribution in [0.4, 0.5) is 4.39 Å². The molecule has 8 nitrogen and oxygen atoms in total. The van der Waals surface area contributed by atoms with Crippen molar-refractivity contribution in [2.45, 2.75) is 57.0 Å². The summed E-state index contributed by atoms with van der Waals surface area (Å²) >= 11 is 5.85. The lowest BCUT2D eigenvalue weighted by Crippen LogP contribution is -2.50. The van der Waals surface area contributed by atoms with Crippen LogP contribution < -0.4 is 15.4 Å². The van der Waals surface area contributed by atoms with Crippen molar-refractivity contribution in [2.24, 2.45) is 5.92 Å². The summed E-state index contributed by atoms with van der Waals surface area (Å²) in [6, 6.07) is 10.7. The number of sulfonamides is 1. The average Bonchev–Trinajstić information content (AvgIpc) is 2.85. The Morgan fingerprint density at radius 1 is 1.08 bits per heavy atom. The first-order valence-corrected chi connectivity index (χ1v) is 14.7. The largest absolute Gasteiger partial charge is 0.354 e. The summed E-state index contributed by atoms with van der Waals surface area (Å²) in [7, 11) is -3.87. The van der Waals surface area contributed by atoms with Crippen molar-refractivity contribution >= 4 is 33.4 Å². The van der Waals surface area contributed by atoms with Crippen LogP contribution in [0.1, 0.15) is 44.2 Å². The molecule has 1 heterocycles. The fraction of sp³-hybridized carbons (Fsp3) is 0.481. The number of hydrogen-bond acceptors (Lipinski definition) is 5. The van der Waals surface area contributed by atoms with Crippen LogP contribution in [0.25, 0.3) is 0 Å². The molecule has 1 aliphatic heterocycles. The van der Waals surface area contributed by atoms with Gasteiger partial charge in [-0.15, -0.1) is 0 Å². The molecule has 0 aromatic heterocycles. The van der Waals surface area contributed by atoms with Crippen LogP contribution >= 0.6 is 11.6 Å². The van der Waals surface area contributed by atoms with Gasteiger partial charge in [0.1, 0.15) is 16.8 Å². The van der Waals surface area contributed by atoms with E-state index in [1.165, 1.54) is 11.1 Å². The molecule has 2 amide bonds. The van der Waals surface area contributed by atoms with Crippen LogP contribution in [0.15, 0.2) is 47.4 Å². The maximum absolute atomic E-state index is 13.2. The van der Waals surface area contributed by atoms with Gasteiger partial charge in [-0.25, -0.2) is 17.5 Å². The third-order valence-corrected chi connectivity index (χ3v) is 8.26. The molecule has 1 atom stereocenters. The predicted molar refractivity (Wildman–Crippen MR) is 146 cm³/mol. The number of amides is 2. The molecule has 11 heteroatoms. The minimum atomic E-state index is -3.87. The molecule has 3 N–H and O–H groups in total. The number of carbonyl (C=O) groups excluding carboxylic acids is 2. The minimum Gasteiger partial charge on any atom is -0.354 e. The lowest BCUT2D eigenvalue weighted by atomic mass is 10.00. The first-order chi connectivity index (χ1) is 18.0. The van der Waals surface area contributed by atoms with Crippen LogP contribution in [0.5, 0.6) is 0 Å². The van der Waals surface area contributed by atoms with Gasteiger partial charge in [-0.3, -0.25) is 14.5 Å². The summed E-state index contributed by atoms with van der Waals surface area (Å²) in [5, 5.41) is 5.56. The number of nitrogens with zero attached hydrogens (tertiary/aromatic N) is 1. The van der Waals surface area contributed by atoms with Crippen molar-refractivity contribution in [3.8, 4) is 0 Å². The molecule has 3 rings (SSSR count). The highest BCUT2D eigenvalue weighted by atomic mass is 35.5. The monoisotopic (exact) mass is 566 g/mol. The van der Waals surface area contributed by atoms with Crippen LogP contribution in [0.3, 0.4) is 0 Å². The smallest absolute Gasteiger partial charge is 0.242 e. The van der Waals surface area contributed by atoms with E-state index in [1.54, 1.807) is 0 Å². The summed E-state index contributed by atoms with van der Waals surface area (Å²) in [5.41, 5.74) is 2.54. The summed E-state index contributed by atoms with van der Waals surface area (Å²) < 4.78 is 40.4. The first kappa shape index (κ1) is 30.0. The van der Waals surface area contributed by atoms with E-state index in [-0.39, 0.29) is 40.7 Å². The number of carbonyl (C=O) groups is 2. The van der Waals surface area contributed by atoms with Crippen LogP contribution in [0.2, 0.25) is 5.02 Å². The van der Waals surface area contributed by atoms with Gasteiger partial charge in [-0.05, 0) is 60.9 Å². The lowest BCUT2D eigenvalue weighted by Gasteiger charge is -2.29. The maximum atomic E-state index is 13.2. The van der Waals surface area contributed by atoms with Crippen molar-refractivity contribution in [3.63, 3.8) is 0 Å². The normalized spacial score (nSPS) is 14.7. The summed E-state index contributed by atoms with van der Waals surface area (Å²) in [6.45, 7) is 6.20. The molecular formula is C27H36ClFN4O4S. The molecule has 0 aliphatic carbocycles. The van der Waals surface area contributed by atoms with Gasteiger partial charge in [-0.2, -0.15) is 0 Å². The zero-order valence-electron chi connectivity index (χ0n) is 21.8. The molecule has 38 heavy (non-hydrogen) atoms. The highest BCUT2D eigenvalue weighted by Crippen LogP contribution is 2.22. The van der Waals surface area contributed by atoms with Gasteiger partial charge >= 0.3 is 0 Å². The van der Waals surface area contributed by atoms with E-state index in [4.69, 9.17) is 11.6 Å². The summed E-state index contributed by atoms with van der Waals surface area (Å²) in [4.78, 5) is 27.5. The van der Waals surface area contributed by atoms with Crippen molar-refractivity contribution in [1.29, 1.82) is 0 Å². The molecule has 0 bridgehead atoms. The van der Waals surface area contributed by atoms with Gasteiger partial charge in [-0.1, -0.05) is 49.7 Å². The van der Waals surface area contributed by atoms with E-state index in [0.29, 0.717) is 32.4 Å². The van der Waals surface area contributed by atoms with Crippen molar-refractivity contribution in [3.05, 3.63) is 64.4 Å². The SMILES string of the molecule is CC(C)C[C@H](NC(=O)CN1CCc2ccccc2C1)C(=O)NCCCCNS(=O)(=O)c1ccc(F)cc1Cl. The quantitative estimate of drug-likeness (QED) is 0.323. The highest BCUT2D eigenvalue weighted by Gasteiger charge is 2.24. The molecule has 0 saturated carbocycles. The molecule has 2 aromatic carbocycles. The average molecular weight is 567 g/mol. The van der Waals surface area contributed by atoms with E-state index >= 15 is 0 Å². The Kier molecular flexibility index (Phi) is 11.1. The number of nitrogens with one attached hydrogen (secondary N) is 3. The lowest BCUT2D eigenvalue weighted by molar-refractivity contribution is -0.130. The van der Waals surface area contributed by atoms with Gasteiger partial charge in [0.2, 0.25) is 21.8 Å². The molecule has 0 unspecified atom stereocenters. The molecule has 0 spiro atoms. The Bertz CT molecular complexity index is 1230. The Morgan fingerprint density at radius 2 is 1.79 bits per heavy atom. The Hall–Kier alpha value is -2.53. The van der Waals surface area contributed by atoms with Crippen molar-refractivity contribution in [2.75, 3.05) is 26.2 Å². The van der Waals surface area contributed by atoms with Crippen molar-refractivity contribution < 1.29 is 22.4 Å².